The average Bonchev–Trinajstić information content (AvgIpc) is 3.28. The van der Waals surface area contributed by atoms with E-state index in [0.717, 1.165) is 36.7 Å². The van der Waals surface area contributed by atoms with Crippen molar-refractivity contribution < 1.29 is 18.7 Å². The number of nitrogens with one attached hydrogen (secondary N) is 1. The van der Waals surface area contributed by atoms with Crippen molar-refractivity contribution in [2.45, 2.75) is 37.8 Å². The van der Waals surface area contributed by atoms with E-state index in [1.807, 2.05) is 0 Å². The Morgan fingerprint density at radius 1 is 1.29 bits per heavy atom. The topological polar surface area (TPSA) is 100 Å². The summed E-state index contributed by atoms with van der Waals surface area (Å²) in [5.41, 5.74) is 2.33. The van der Waals surface area contributed by atoms with Gasteiger partial charge in [-0.2, -0.15) is 0 Å². The maximum Gasteiger partial charge on any atom is 0.278 e. The van der Waals surface area contributed by atoms with Crippen molar-refractivity contribution in [3.63, 3.8) is 0 Å². The fraction of sp³-hybridized carbons (Fsp3) is 0.391. The molecule has 176 valence electrons. The molecule has 4 atom stereocenters. The van der Waals surface area contributed by atoms with Crippen molar-refractivity contribution >= 4 is 17.2 Å². The second-order valence-electron chi connectivity index (χ2n) is 9.31. The number of nitrogens with zero attached hydrogens (tertiary/aromatic N) is 4. The standard InChI is InChI=1S/C23H21F2N5O3S/c1-10(13-4-3-12(24)8-16(13)25)20-26-27-21(34-20)14-9-30-17(19(32)18(14)31)22(33)29(2)23(28-30)6-5-11-7-15(11)23/h3-4,8-11,15,28,32H,5-7H2,1-2H3/t10?,11-,15+,23?/m0/s1. The lowest BCUT2D eigenvalue weighted by Crippen LogP contribution is -2.62. The second kappa shape index (κ2) is 7.08. The van der Waals surface area contributed by atoms with Gasteiger partial charge in [0.2, 0.25) is 5.43 Å². The molecular weight excluding hydrogens is 464 g/mol. The largest absolute Gasteiger partial charge is 0.502 e. The first-order chi connectivity index (χ1) is 16.2. The number of rotatable bonds is 3. The van der Waals surface area contributed by atoms with E-state index >= 15 is 0 Å². The molecule has 2 aromatic heterocycles. The van der Waals surface area contributed by atoms with E-state index < -0.39 is 40.3 Å². The lowest BCUT2D eigenvalue weighted by Gasteiger charge is -2.46. The summed E-state index contributed by atoms with van der Waals surface area (Å²) in [7, 11) is 1.70. The van der Waals surface area contributed by atoms with Crippen molar-refractivity contribution in [3.8, 4) is 16.3 Å². The van der Waals surface area contributed by atoms with Gasteiger partial charge in [0.05, 0.1) is 5.56 Å². The van der Waals surface area contributed by atoms with E-state index in [0.29, 0.717) is 16.8 Å². The SMILES string of the molecule is CC(c1nnc(-c2cn3c(c(O)c2=O)C(=O)N(C)C2(CC[C@H]4C[C@H]42)N3)s1)c1ccc(F)cc1F. The van der Waals surface area contributed by atoms with Crippen molar-refractivity contribution in [1.82, 2.24) is 19.8 Å². The van der Waals surface area contributed by atoms with Gasteiger partial charge in [0.1, 0.15) is 22.3 Å². The molecule has 8 nitrogen and oxygen atoms in total. The molecule has 0 radical (unpaired) electrons. The Labute approximate surface area is 196 Å². The highest BCUT2D eigenvalue weighted by Gasteiger charge is 2.63. The van der Waals surface area contributed by atoms with Crippen LogP contribution in [0.25, 0.3) is 10.6 Å². The van der Waals surface area contributed by atoms with Gasteiger partial charge in [0.25, 0.3) is 5.91 Å². The molecule has 1 aliphatic heterocycles. The van der Waals surface area contributed by atoms with Gasteiger partial charge in [-0.05, 0) is 36.8 Å². The Bertz CT molecular complexity index is 1420. The van der Waals surface area contributed by atoms with Crippen LogP contribution in [0.3, 0.4) is 0 Å². The number of carbonyl (C=O) groups excluding carboxylic acids is 1. The molecule has 1 amide bonds. The van der Waals surface area contributed by atoms with Gasteiger partial charge in [0, 0.05) is 31.1 Å². The number of benzene rings is 1. The fourth-order valence-electron chi connectivity index (χ4n) is 5.47. The van der Waals surface area contributed by atoms with Crippen LogP contribution >= 0.6 is 11.3 Å². The van der Waals surface area contributed by atoms with E-state index in [1.165, 1.54) is 23.0 Å². The molecule has 2 N–H and O–H groups in total. The third-order valence-electron chi connectivity index (χ3n) is 7.51. The zero-order chi connectivity index (χ0) is 23.9. The average molecular weight is 486 g/mol. The molecular formula is C23H21F2N5O3S. The second-order valence-corrected chi connectivity index (χ2v) is 10.3. The van der Waals surface area contributed by atoms with Crippen LogP contribution in [0.5, 0.6) is 5.75 Å². The van der Waals surface area contributed by atoms with Gasteiger partial charge in [-0.1, -0.05) is 24.3 Å². The molecule has 6 rings (SSSR count). The Hall–Kier alpha value is -3.34. The van der Waals surface area contributed by atoms with E-state index in [1.54, 1.807) is 18.9 Å². The van der Waals surface area contributed by atoms with Gasteiger partial charge in [-0.3, -0.25) is 14.3 Å². The first-order valence-corrected chi connectivity index (χ1v) is 11.9. The zero-order valence-electron chi connectivity index (χ0n) is 18.4. The lowest BCUT2D eigenvalue weighted by molar-refractivity contribution is 0.0469. The number of amides is 1. The van der Waals surface area contributed by atoms with Crippen LogP contribution in [0.2, 0.25) is 0 Å². The van der Waals surface area contributed by atoms with Crippen LogP contribution in [-0.2, 0) is 0 Å². The number of aromatic nitrogens is 3. The van der Waals surface area contributed by atoms with Gasteiger partial charge in [0.15, 0.2) is 16.5 Å². The molecule has 2 fully saturated rings. The Morgan fingerprint density at radius 3 is 2.76 bits per heavy atom. The quantitative estimate of drug-likeness (QED) is 0.591. The summed E-state index contributed by atoms with van der Waals surface area (Å²) in [4.78, 5) is 27.8. The monoisotopic (exact) mass is 485 g/mol. The highest BCUT2D eigenvalue weighted by Crippen LogP contribution is 2.59. The van der Waals surface area contributed by atoms with Gasteiger partial charge in [-0.15, -0.1) is 10.2 Å². The maximum atomic E-state index is 14.3. The maximum absolute atomic E-state index is 14.3. The first kappa shape index (κ1) is 21.2. The number of carbonyl (C=O) groups is 1. The van der Waals surface area contributed by atoms with Crippen molar-refractivity contribution in [2.75, 3.05) is 12.5 Å². The smallest absolute Gasteiger partial charge is 0.278 e. The van der Waals surface area contributed by atoms with E-state index in [4.69, 9.17) is 0 Å². The Morgan fingerprint density at radius 2 is 2.09 bits per heavy atom. The summed E-state index contributed by atoms with van der Waals surface area (Å²) in [5, 5.41) is 19.6. The van der Waals surface area contributed by atoms with Crippen LogP contribution in [0.1, 0.15) is 53.2 Å². The molecule has 3 heterocycles. The molecule has 1 aromatic carbocycles. The first-order valence-electron chi connectivity index (χ1n) is 11.0. The number of fused-ring (bicyclic) bond motifs is 3. The third-order valence-corrected chi connectivity index (χ3v) is 8.64. The summed E-state index contributed by atoms with van der Waals surface area (Å²) < 4.78 is 29.0. The molecule has 11 heteroatoms. The number of halogens is 2. The number of pyridine rings is 1. The van der Waals surface area contributed by atoms with Crippen molar-refractivity contribution in [3.05, 3.63) is 62.5 Å². The van der Waals surface area contributed by atoms with Crippen LogP contribution in [0, 0.1) is 23.5 Å². The van der Waals surface area contributed by atoms with Gasteiger partial charge >= 0.3 is 0 Å². The molecule has 0 bridgehead atoms. The highest BCUT2D eigenvalue weighted by molar-refractivity contribution is 7.14. The number of aromatic hydroxyl groups is 1. The minimum atomic E-state index is -0.732. The Balaban J connectivity index is 1.40. The molecule has 34 heavy (non-hydrogen) atoms. The minimum absolute atomic E-state index is 0.0853. The van der Waals surface area contributed by atoms with Gasteiger partial charge in [-0.25, -0.2) is 8.78 Å². The number of hydrogen-bond donors (Lipinski definition) is 2. The summed E-state index contributed by atoms with van der Waals surface area (Å²) in [6.45, 7) is 1.71. The summed E-state index contributed by atoms with van der Waals surface area (Å²) in [6, 6.07) is 3.34. The highest BCUT2D eigenvalue weighted by atomic mass is 32.1. The zero-order valence-corrected chi connectivity index (χ0v) is 19.2. The van der Waals surface area contributed by atoms with Crippen LogP contribution in [-0.4, -0.2) is 43.5 Å². The van der Waals surface area contributed by atoms with Crippen LogP contribution < -0.4 is 10.9 Å². The third kappa shape index (κ3) is 2.85. The molecule has 0 saturated heterocycles. The predicted octanol–water partition coefficient (Wildman–Crippen LogP) is 3.26. The number of hydrogen-bond acceptors (Lipinski definition) is 7. The van der Waals surface area contributed by atoms with Crippen molar-refractivity contribution in [1.29, 1.82) is 0 Å². The summed E-state index contributed by atoms with van der Waals surface area (Å²) >= 11 is 1.08. The van der Waals surface area contributed by atoms with Crippen LogP contribution in [0.4, 0.5) is 8.78 Å². The molecule has 2 aliphatic carbocycles. The predicted molar refractivity (Wildman–Crippen MR) is 120 cm³/mol. The molecule has 1 spiro atoms. The van der Waals surface area contributed by atoms with Crippen molar-refractivity contribution in [2.24, 2.45) is 11.8 Å². The minimum Gasteiger partial charge on any atom is -0.502 e. The summed E-state index contributed by atoms with van der Waals surface area (Å²) in [6.07, 6.45) is 4.32. The normalized spacial score (nSPS) is 25.8. The fourth-order valence-corrected chi connectivity index (χ4v) is 6.39. The molecule has 2 unspecified atom stereocenters. The molecule has 2 saturated carbocycles. The van der Waals surface area contributed by atoms with E-state index in [-0.39, 0.29) is 21.8 Å². The van der Waals surface area contributed by atoms with Gasteiger partial charge < -0.3 is 15.4 Å². The summed E-state index contributed by atoms with van der Waals surface area (Å²) in [5.74, 6) is -2.04. The molecule has 3 aliphatic rings. The van der Waals surface area contributed by atoms with Crippen LogP contribution in [0.15, 0.2) is 29.2 Å². The molecule has 3 aromatic rings. The van der Waals surface area contributed by atoms with E-state index in [9.17, 15) is 23.5 Å². The lowest BCUT2D eigenvalue weighted by atomic mass is 10.0. The van der Waals surface area contributed by atoms with E-state index in [2.05, 4.69) is 15.6 Å². The Kier molecular flexibility index (Phi) is 4.42.